The van der Waals surface area contributed by atoms with Crippen molar-refractivity contribution in [1.29, 1.82) is 0 Å². The number of fused-ring (bicyclic) bond motifs is 1. The number of ketones is 2. The number of ether oxygens (including phenoxy) is 2. The number of Topliss-reactive ketones (excluding diaryl/α,β-unsaturated/α-hetero) is 2. The fourth-order valence-corrected chi connectivity index (χ4v) is 2.27. The summed E-state index contributed by atoms with van der Waals surface area (Å²) >= 11 is 0. The topological polar surface area (TPSA) is 52.6 Å². The van der Waals surface area contributed by atoms with Crippen molar-refractivity contribution in [2.45, 2.75) is 19.8 Å². The molecule has 1 heterocycles. The maximum Gasteiger partial charge on any atom is 0.172 e. The molecule has 0 aromatic heterocycles. The summed E-state index contributed by atoms with van der Waals surface area (Å²) in [5.74, 6) is 0.821. The SMILES string of the molecule is C=CC(=CC=CC)C(=O)CCC(=O)c1cccc2c1OCCO2. The van der Waals surface area contributed by atoms with Gasteiger partial charge in [0.1, 0.15) is 13.2 Å². The summed E-state index contributed by atoms with van der Waals surface area (Å²) in [6, 6.07) is 5.22. The Morgan fingerprint density at radius 2 is 2.00 bits per heavy atom. The quantitative estimate of drug-likeness (QED) is 0.438. The summed E-state index contributed by atoms with van der Waals surface area (Å²) < 4.78 is 11.0. The van der Waals surface area contributed by atoms with E-state index in [1.807, 2.05) is 13.0 Å². The number of allylic oxidation sites excluding steroid dienone is 5. The third-order valence-corrected chi connectivity index (χ3v) is 3.46. The second kappa shape index (κ2) is 8.13. The van der Waals surface area contributed by atoms with Crippen LogP contribution in [0.3, 0.4) is 0 Å². The summed E-state index contributed by atoms with van der Waals surface area (Å²) in [6.45, 7) is 6.39. The molecule has 0 saturated carbocycles. The lowest BCUT2D eigenvalue weighted by atomic mass is 10.0. The molecule has 0 aliphatic carbocycles. The van der Waals surface area contributed by atoms with Crippen molar-refractivity contribution >= 4 is 11.6 Å². The molecule has 0 amide bonds. The molecule has 23 heavy (non-hydrogen) atoms. The van der Waals surface area contributed by atoms with Gasteiger partial charge in [-0.25, -0.2) is 0 Å². The van der Waals surface area contributed by atoms with E-state index in [9.17, 15) is 9.59 Å². The van der Waals surface area contributed by atoms with Crippen LogP contribution in [0.5, 0.6) is 11.5 Å². The first-order chi connectivity index (χ1) is 11.2. The Kier molecular flexibility index (Phi) is 5.92. The van der Waals surface area contributed by atoms with E-state index >= 15 is 0 Å². The van der Waals surface area contributed by atoms with Crippen LogP contribution in [0, 0.1) is 0 Å². The fraction of sp³-hybridized carbons (Fsp3) is 0.263. The molecule has 1 aromatic carbocycles. The monoisotopic (exact) mass is 312 g/mol. The van der Waals surface area contributed by atoms with Crippen molar-refractivity contribution in [3.63, 3.8) is 0 Å². The maximum atomic E-state index is 12.4. The van der Waals surface area contributed by atoms with Crippen molar-refractivity contribution in [2.24, 2.45) is 0 Å². The molecular formula is C19H20O4. The van der Waals surface area contributed by atoms with Crippen molar-refractivity contribution < 1.29 is 19.1 Å². The Morgan fingerprint density at radius 1 is 1.22 bits per heavy atom. The predicted molar refractivity (Wildman–Crippen MR) is 89.1 cm³/mol. The molecule has 4 heteroatoms. The number of rotatable bonds is 7. The highest BCUT2D eigenvalue weighted by atomic mass is 16.6. The standard InChI is InChI=1S/C19H20O4/c1-3-5-7-14(4-2)16(20)10-11-17(21)15-8-6-9-18-19(15)23-13-12-22-18/h3-9H,2,10-13H2,1H3. The van der Waals surface area contributed by atoms with Gasteiger partial charge in [0.05, 0.1) is 5.56 Å². The minimum atomic E-state index is -0.129. The molecule has 0 radical (unpaired) electrons. The second-order valence-electron chi connectivity index (χ2n) is 5.03. The molecule has 0 N–H and O–H groups in total. The van der Waals surface area contributed by atoms with Crippen molar-refractivity contribution in [1.82, 2.24) is 0 Å². The molecule has 0 bridgehead atoms. The van der Waals surface area contributed by atoms with Crippen LogP contribution in [0.15, 0.2) is 54.7 Å². The van der Waals surface area contributed by atoms with Gasteiger partial charge in [0.2, 0.25) is 0 Å². The highest BCUT2D eigenvalue weighted by Crippen LogP contribution is 2.34. The number of carbonyl (C=O) groups excluding carboxylic acids is 2. The Hall–Kier alpha value is -2.62. The van der Waals surface area contributed by atoms with Crippen LogP contribution < -0.4 is 9.47 Å². The molecule has 0 spiro atoms. The Morgan fingerprint density at radius 3 is 2.74 bits per heavy atom. The molecule has 0 fully saturated rings. The van der Waals surface area contributed by atoms with Gasteiger partial charge in [0.25, 0.3) is 0 Å². The van der Waals surface area contributed by atoms with Crippen LogP contribution in [0.25, 0.3) is 0 Å². The first kappa shape index (κ1) is 16.7. The third kappa shape index (κ3) is 4.19. The lowest BCUT2D eigenvalue weighted by Crippen LogP contribution is -2.18. The fourth-order valence-electron chi connectivity index (χ4n) is 2.27. The Bertz CT molecular complexity index is 668. The van der Waals surface area contributed by atoms with Gasteiger partial charge < -0.3 is 9.47 Å². The van der Waals surface area contributed by atoms with Gasteiger partial charge >= 0.3 is 0 Å². The summed E-state index contributed by atoms with van der Waals surface area (Å²) in [5.41, 5.74) is 0.971. The van der Waals surface area contributed by atoms with E-state index < -0.39 is 0 Å². The first-order valence-corrected chi connectivity index (χ1v) is 7.57. The predicted octanol–water partition coefficient (Wildman–Crippen LogP) is 3.68. The van der Waals surface area contributed by atoms with E-state index in [-0.39, 0.29) is 24.4 Å². The van der Waals surface area contributed by atoms with Crippen LogP contribution in [0.1, 0.15) is 30.1 Å². The van der Waals surface area contributed by atoms with E-state index in [1.54, 1.807) is 30.4 Å². The maximum absolute atomic E-state index is 12.4. The van der Waals surface area contributed by atoms with Crippen molar-refractivity contribution in [2.75, 3.05) is 13.2 Å². The summed E-state index contributed by atoms with van der Waals surface area (Å²) in [7, 11) is 0. The minimum absolute atomic E-state index is 0.103. The van der Waals surface area contributed by atoms with Crippen LogP contribution in [-0.4, -0.2) is 24.8 Å². The Balaban J connectivity index is 2.06. The normalized spacial score (nSPS) is 13.9. The van der Waals surface area contributed by atoms with Gasteiger partial charge in [-0.2, -0.15) is 0 Å². The van der Waals surface area contributed by atoms with Gasteiger partial charge in [-0.1, -0.05) is 36.9 Å². The first-order valence-electron chi connectivity index (χ1n) is 7.57. The molecule has 1 aromatic rings. The zero-order chi connectivity index (χ0) is 16.7. The molecule has 2 rings (SSSR count). The number of hydrogen-bond acceptors (Lipinski definition) is 4. The number of para-hydroxylation sites is 1. The van der Waals surface area contributed by atoms with Gasteiger partial charge in [0.15, 0.2) is 23.1 Å². The second-order valence-corrected chi connectivity index (χ2v) is 5.03. The van der Waals surface area contributed by atoms with Crippen molar-refractivity contribution in [3.8, 4) is 11.5 Å². The van der Waals surface area contributed by atoms with E-state index in [4.69, 9.17) is 9.47 Å². The molecule has 0 saturated heterocycles. The third-order valence-electron chi connectivity index (χ3n) is 3.46. The molecular weight excluding hydrogens is 292 g/mol. The largest absolute Gasteiger partial charge is 0.486 e. The van der Waals surface area contributed by atoms with Crippen LogP contribution in [0.2, 0.25) is 0 Å². The van der Waals surface area contributed by atoms with Gasteiger partial charge in [-0.15, -0.1) is 0 Å². The summed E-state index contributed by atoms with van der Waals surface area (Å²) in [5, 5.41) is 0. The Labute approximate surface area is 136 Å². The van der Waals surface area contributed by atoms with Gasteiger partial charge in [0, 0.05) is 18.4 Å². The number of benzene rings is 1. The smallest absolute Gasteiger partial charge is 0.172 e. The molecule has 0 atom stereocenters. The lowest BCUT2D eigenvalue weighted by molar-refractivity contribution is -0.115. The van der Waals surface area contributed by atoms with Gasteiger partial charge in [-0.05, 0) is 19.1 Å². The highest BCUT2D eigenvalue weighted by molar-refractivity contribution is 6.04. The van der Waals surface area contributed by atoms with Gasteiger partial charge in [-0.3, -0.25) is 9.59 Å². The van der Waals surface area contributed by atoms with E-state index in [0.717, 1.165) is 0 Å². The van der Waals surface area contributed by atoms with Crippen LogP contribution in [0.4, 0.5) is 0 Å². The summed E-state index contributed by atoms with van der Waals surface area (Å²) in [6.07, 6.45) is 7.07. The zero-order valence-corrected chi connectivity index (χ0v) is 13.2. The lowest BCUT2D eigenvalue weighted by Gasteiger charge is -2.20. The highest BCUT2D eigenvalue weighted by Gasteiger charge is 2.20. The molecule has 4 nitrogen and oxygen atoms in total. The zero-order valence-electron chi connectivity index (χ0n) is 13.2. The average Bonchev–Trinajstić information content (AvgIpc) is 2.59. The summed E-state index contributed by atoms with van der Waals surface area (Å²) in [4.78, 5) is 24.5. The van der Waals surface area contributed by atoms with Crippen LogP contribution in [-0.2, 0) is 4.79 Å². The van der Waals surface area contributed by atoms with E-state index in [2.05, 4.69) is 6.58 Å². The number of hydrogen-bond donors (Lipinski definition) is 0. The molecule has 0 unspecified atom stereocenters. The minimum Gasteiger partial charge on any atom is -0.486 e. The van der Waals surface area contributed by atoms with Crippen LogP contribution >= 0.6 is 0 Å². The molecule has 1 aliphatic heterocycles. The molecule has 1 aliphatic rings. The molecule has 120 valence electrons. The number of carbonyl (C=O) groups is 2. The van der Waals surface area contributed by atoms with E-state index in [0.29, 0.717) is 35.8 Å². The van der Waals surface area contributed by atoms with Crippen molar-refractivity contribution in [3.05, 3.63) is 60.2 Å². The van der Waals surface area contributed by atoms with E-state index in [1.165, 1.54) is 6.08 Å². The average molecular weight is 312 g/mol.